The Labute approximate surface area is 156 Å². The van der Waals surface area contributed by atoms with Crippen molar-refractivity contribution in [1.29, 1.82) is 0 Å². The van der Waals surface area contributed by atoms with Crippen LogP contribution in [0, 0.1) is 11.3 Å². The Bertz CT molecular complexity index is 603. The van der Waals surface area contributed by atoms with E-state index in [4.69, 9.17) is 0 Å². The SMILES string of the molecule is C=C/C=C(\C=C/C)C1(c2cc[n+](C)cc2)CC(C)CC(C)(C)C1.CC. The van der Waals surface area contributed by atoms with Crippen molar-refractivity contribution < 1.29 is 4.57 Å². The van der Waals surface area contributed by atoms with Gasteiger partial charge in [0.15, 0.2) is 12.4 Å². The molecule has 1 aliphatic carbocycles. The molecule has 1 fully saturated rings. The van der Waals surface area contributed by atoms with Crippen molar-refractivity contribution in [2.45, 2.75) is 66.2 Å². The third kappa shape index (κ3) is 5.17. The largest absolute Gasteiger partial charge is 0.208 e. The zero-order valence-electron chi connectivity index (χ0n) is 17.5. The average Bonchev–Trinajstić information content (AvgIpc) is 2.55. The summed E-state index contributed by atoms with van der Waals surface area (Å²) in [7, 11) is 2.08. The standard InChI is InChI=1S/C22H32N.C2H6/c1-7-9-19(10-8-2)22(20-11-13-23(6)14-12-20)16-18(3)15-21(4,5)17-22;1-2/h7-14,18H,1,15-17H2,2-6H3;1-2H3/q+1;/b10-8-,19-9+;. The summed E-state index contributed by atoms with van der Waals surface area (Å²) < 4.78 is 2.11. The van der Waals surface area contributed by atoms with Gasteiger partial charge < -0.3 is 0 Å². The summed E-state index contributed by atoms with van der Waals surface area (Å²) in [5.41, 5.74) is 3.25. The highest BCUT2D eigenvalue weighted by Gasteiger charge is 2.45. The van der Waals surface area contributed by atoms with E-state index in [2.05, 4.69) is 88.6 Å². The molecule has 0 radical (unpaired) electrons. The second kappa shape index (κ2) is 9.17. The Kier molecular flexibility index (Phi) is 7.86. The van der Waals surface area contributed by atoms with E-state index < -0.39 is 0 Å². The van der Waals surface area contributed by atoms with Crippen LogP contribution in [0.4, 0.5) is 0 Å². The average molecular weight is 341 g/mol. The zero-order valence-corrected chi connectivity index (χ0v) is 17.5. The van der Waals surface area contributed by atoms with E-state index in [0.29, 0.717) is 11.3 Å². The first-order valence-electron chi connectivity index (χ1n) is 9.75. The number of hydrogen-bond donors (Lipinski definition) is 0. The first-order valence-corrected chi connectivity index (χ1v) is 9.75. The normalized spacial score (nSPS) is 26.0. The highest BCUT2D eigenvalue weighted by molar-refractivity contribution is 5.43. The van der Waals surface area contributed by atoms with Crippen LogP contribution < -0.4 is 4.57 Å². The van der Waals surface area contributed by atoms with Gasteiger partial charge in [0, 0.05) is 17.5 Å². The maximum atomic E-state index is 3.96. The second-order valence-corrected chi connectivity index (χ2v) is 8.05. The van der Waals surface area contributed by atoms with Crippen molar-refractivity contribution in [1.82, 2.24) is 0 Å². The lowest BCUT2D eigenvalue weighted by atomic mass is 9.55. The molecule has 0 saturated heterocycles. The third-order valence-corrected chi connectivity index (χ3v) is 5.11. The summed E-state index contributed by atoms with van der Waals surface area (Å²) in [5.74, 6) is 0.714. The number of rotatable bonds is 4. The summed E-state index contributed by atoms with van der Waals surface area (Å²) in [6.07, 6.45) is 16.6. The van der Waals surface area contributed by atoms with Crippen LogP contribution in [0.25, 0.3) is 0 Å². The fourth-order valence-corrected chi connectivity index (χ4v) is 4.68. The molecular weight excluding hydrogens is 302 g/mol. The van der Waals surface area contributed by atoms with E-state index in [0.717, 1.165) is 0 Å². The molecule has 0 aromatic carbocycles. The Balaban J connectivity index is 0.00000151. The molecule has 0 aliphatic heterocycles. The molecule has 2 atom stereocenters. The number of aryl methyl sites for hydroxylation is 1. The fraction of sp³-hybridized carbons (Fsp3) is 0.542. The van der Waals surface area contributed by atoms with Crippen molar-refractivity contribution in [3.05, 3.63) is 66.5 Å². The van der Waals surface area contributed by atoms with Gasteiger partial charge in [-0.3, -0.25) is 0 Å². The van der Waals surface area contributed by atoms with Crippen molar-refractivity contribution in [2.75, 3.05) is 0 Å². The molecule has 138 valence electrons. The Morgan fingerprint density at radius 2 is 1.80 bits per heavy atom. The minimum absolute atomic E-state index is 0.0795. The summed E-state index contributed by atoms with van der Waals surface area (Å²) in [6.45, 7) is 17.3. The van der Waals surface area contributed by atoms with Gasteiger partial charge in [0.2, 0.25) is 0 Å². The minimum atomic E-state index is 0.0795. The Morgan fingerprint density at radius 1 is 1.20 bits per heavy atom. The van der Waals surface area contributed by atoms with Gasteiger partial charge in [0.05, 0.1) is 0 Å². The van der Waals surface area contributed by atoms with E-state index in [1.54, 1.807) is 0 Å². The quantitative estimate of drug-likeness (QED) is 0.446. The van der Waals surface area contributed by atoms with Crippen LogP contribution >= 0.6 is 0 Å². The lowest BCUT2D eigenvalue weighted by Crippen LogP contribution is -2.42. The van der Waals surface area contributed by atoms with Crippen LogP contribution in [0.1, 0.15) is 66.4 Å². The van der Waals surface area contributed by atoms with Crippen LogP contribution in [0.3, 0.4) is 0 Å². The molecule has 2 rings (SSSR count). The molecule has 25 heavy (non-hydrogen) atoms. The van der Waals surface area contributed by atoms with E-state index in [9.17, 15) is 0 Å². The van der Waals surface area contributed by atoms with E-state index in [1.807, 2.05) is 19.9 Å². The number of pyridine rings is 1. The van der Waals surface area contributed by atoms with E-state index >= 15 is 0 Å². The zero-order chi connectivity index (χ0) is 19.1. The Morgan fingerprint density at radius 3 is 2.28 bits per heavy atom. The van der Waals surface area contributed by atoms with Gasteiger partial charge >= 0.3 is 0 Å². The number of nitrogens with zero attached hydrogens (tertiary/aromatic N) is 1. The van der Waals surface area contributed by atoms with Crippen LogP contribution in [-0.2, 0) is 12.5 Å². The molecule has 1 nitrogen and oxygen atoms in total. The van der Waals surface area contributed by atoms with Crippen LogP contribution in [0.2, 0.25) is 0 Å². The lowest BCUT2D eigenvalue weighted by molar-refractivity contribution is -0.671. The van der Waals surface area contributed by atoms with Crippen LogP contribution in [0.5, 0.6) is 0 Å². The highest BCUT2D eigenvalue weighted by atomic mass is 14.9. The second-order valence-electron chi connectivity index (χ2n) is 8.05. The van der Waals surface area contributed by atoms with E-state index in [-0.39, 0.29) is 5.41 Å². The molecule has 1 heteroatoms. The predicted octanol–water partition coefficient (Wildman–Crippen LogP) is 6.31. The first-order chi connectivity index (χ1) is 11.8. The molecule has 1 aromatic rings. The van der Waals surface area contributed by atoms with Gasteiger partial charge in [0.25, 0.3) is 0 Å². The van der Waals surface area contributed by atoms with E-state index in [1.165, 1.54) is 30.4 Å². The van der Waals surface area contributed by atoms with Gasteiger partial charge in [-0.1, -0.05) is 65.5 Å². The molecule has 0 amide bonds. The molecule has 1 saturated carbocycles. The predicted molar refractivity (Wildman–Crippen MR) is 111 cm³/mol. The number of allylic oxidation sites excluding steroid dienone is 5. The summed E-state index contributed by atoms with van der Waals surface area (Å²) >= 11 is 0. The molecule has 0 N–H and O–H groups in total. The Hall–Kier alpha value is -1.63. The summed E-state index contributed by atoms with van der Waals surface area (Å²) in [4.78, 5) is 0. The molecule has 0 spiro atoms. The van der Waals surface area contributed by atoms with Crippen LogP contribution in [-0.4, -0.2) is 0 Å². The van der Waals surface area contributed by atoms with Gasteiger partial charge in [0.1, 0.15) is 7.05 Å². The highest BCUT2D eigenvalue weighted by Crippen LogP contribution is 2.53. The first kappa shape index (κ1) is 21.4. The molecule has 0 bridgehead atoms. The number of aromatic nitrogens is 1. The van der Waals surface area contributed by atoms with Gasteiger partial charge in [-0.05, 0) is 48.7 Å². The van der Waals surface area contributed by atoms with Crippen LogP contribution in [0.15, 0.2) is 61.0 Å². The fourth-order valence-electron chi connectivity index (χ4n) is 4.68. The molecule has 2 unspecified atom stereocenters. The molecule has 1 heterocycles. The monoisotopic (exact) mass is 340 g/mol. The van der Waals surface area contributed by atoms with Crippen molar-refractivity contribution in [2.24, 2.45) is 18.4 Å². The smallest absolute Gasteiger partial charge is 0.168 e. The number of hydrogen-bond acceptors (Lipinski definition) is 0. The van der Waals surface area contributed by atoms with Gasteiger partial charge in [-0.15, -0.1) is 0 Å². The topological polar surface area (TPSA) is 3.88 Å². The van der Waals surface area contributed by atoms with Crippen molar-refractivity contribution in [3.63, 3.8) is 0 Å². The maximum absolute atomic E-state index is 3.96. The summed E-state index contributed by atoms with van der Waals surface area (Å²) in [5, 5.41) is 0. The summed E-state index contributed by atoms with van der Waals surface area (Å²) in [6, 6.07) is 4.60. The lowest BCUT2D eigenvalue weighted by Gasteiger charge is -2.49. The molecule has 1 aromatic heterocycles. The molecule has 1 aliphatic rings. The third-order valence-electron chi connectivity index (χ3n) is 5.11. The maximum Gasteiger partial charge on any atom is 0.168 e. The minimum Gasteiger partial charge on any atom is -0.208 e. The van der Waals surface area contributed by atoms with Crippen molar-refractivity contribution >= 4 is 0 Å². The van der Waals surface area contributed by atoms with Crippen molar-refractivity contribution in [3.8, 4) is 0 Å². The molecular formula is C24H38N+. The van der Waals surface area contributed by atoms with Gasteiger partial charge in [-0.2, -0.15) is 0 Å². The van der Waals surface area contributed by atoms with Gasteiger partial charge in [-0.25, -0.2) is 4.57 Å².